The highest BCUT2D eigenvalue weighted by atomic mass is 16.6. The second-order valence-corrected chi connectivity index (χ2v) is 16.0. The lowest BCUT2D eigenvalue weighted by molar-refractivity contribution is -0.889. The first-order valence-corrected chi connectivity index (χ1v) is 22.8. The molecule has 0 saturated heterocycles. The Bertz CT molecular complexity index is 1280. The topological polar surface area (TPSA) is 102 Å². The number of rotatable bonds is 39. The Morgan fingerprint density at radius 2 is 0.983 bits per heavy atom. The van der Waals surface area contributed by atoms with Crippen molar-refractivity contribution in [3.63, 3.8) is 0 Å². The third-order valence-electron chi connectivity index (χ3n) is 9.56. The van der Waals surface area contributed by atoms with Gasteiger partial charge in [0, 0.05) is 19.3 Å². The van der Waals surface area contributed by atoms with Crippen molar-refractivity contribution in [2.75, 3.05) is 41.0 Å². The minimum absolute atomic E-state index is 0.0192. The van der Waals surface area contributed by atoms with Crippen molar-refractivity contribution in [1.82, 2.24) is 0 Å². The van der Waals surface area contributed by atoms with Crippen molar-refractivity contribution < 1.29 is 38.2 Å². The van der Waals surface area contributed by atoms with Crippen molar-refractivity contribution in [1.29, 1.82) is 0 Å². The van der Waals surface area contributed by atoms with Crippen LogP contribution in [0.5, 0.6) is 0 Å². The second-order valence-electron chi connectivity index (χ2n) is 16.0. The molecule has 59 heavy (non-hydrogen) atoms. The molecule has 2 atom stereocenters. The van der Waals surface area contributed by atoms with Crippen LogP contribution in [0, 0.1) is 0 Å². The number of carboxylic acids is 1. The molecule has 0 aliphatic carbocycles. The van der Waals surface area contributed by atoms with Crippen LogP contribution in [-0.4, -0.2) is 75.5 Å². The molecule has 0 saturated carbocycles. The van der Waals surface area contributed by atoms with Crippen LogP contribution in [0.1, 0.15) is 155 Å². The van der Waals surface area contributed by atoms with E-state index in [0.717, 1.165) is 83.5 Å². The lowest BCUT2D eigenvalue weighted by atomic mass is 10.1. The van der Waals surface area contributed by atoms with Crippen molar-refractivity contribution in [3.8, 4) is 0 Å². The van der Waals surface area contributed by atoms with Crippen molar-refractivity contribution in [2.24, 2.45) is 0 Å². The molecule has 0 bridgehead atoms. The third-order valence-corrected chi connectivity index (χ3v) is 9.56. The summed E-state index contributed by atoms with van der Waals surface area (Å²) in [5.74, 6) is -1.81. The summed E-state index contributed by atoms with van der Waals surface area (Å²) in [6.07, 6.45) is 54.4. The number of unbranched alkanes of at least 4 members (excludes halogenated alkanes) is 12. The van der Waals surface area contributed by atoms with Gasteiger partial charge in [0.25, 0.3) is 0 Å². The van der Waals surface area contributed by atoms with E-state index in [1.54, 1.807) is 21.1 Å². The number of carbonyl (C=O) groups is 3. The average Bonchev–Trinajstić information content (AvgIpc) is 3.19. The van der Waals surface area contributed by atoms with Gasteiger partial charge in [0.2, 0.25) is 0 Å². The van der Waals surface area contributed by atoms with Crippen LogP contribution in [0.15, 0.2) is 97.2 Å². The minimum atomic E-state index is -1.14. The quantitative estimate of drug-likeness (QED) is 0.0200. The minimum Gasteiger partial charge on any atom is -0.544 e. The molecular formula is C51H83NO7. The fourth-order valence-corrected chi connectivity index (χ4v) is 6.07. The van der Waals surface area contributed by atoms with Crippen molar-refractivity contribution >= 4 is 17.9 Å². The zero-order valence-electron chi connectivity index (χ0n) is 37.9. The molecule has 0 rings (SSSR count). The van der Waals surface area contributed by atoms with Crippen LogP contribution in [0.3, 0.4) is 0 Å². The molecule has 0 aromatic heterocycles. The highest BCUT2D eigenvalue weighted by Gasteiger charge is 2.25. The Morgan fingerprint density at radius 1 is 0.525 bits per heavy atom. The number of carbonyl (C=O) groups excluding carboxylic acids is 3. The van der Waals surface area contributed by atoms with Gasteiger partial charge in [-0.3, -0.25) is 9.59 Å². The molecule has 0 aliphatic rings. The van der Waals surface area contributed by atoms with Gasteiger partial charge in [-0.05, 0) is 70.6 Å². The highest BCUT2D eigenvalue weighted by molar-refractivity contribution is 5.70. The molecule has 0 aromatic carbocycles. The molecule has 0 amide bonds. The Labute approximate surface area is 360 Å². The van der Waals surface area contributed by atoms with E-state index in [2.05, 4.69) is 74.6 Å². The number of ether oxygens (including phenoxy) is 3. The molecule has 0 radical (unpaired) electrons. The summed E-state index contributed by atoms with van der Waals surface area (Å²) in [7, 11) is 5.38. The predicted octanol–water partition coefficient (Wildman–Crippen LogP) is 11.4. The van der Waals surface area contributed by atoms with Gasteiger partial charge in [0.05, 0.1) is 40.3 Å². The molecular weight excluding hydrogens is 739 g/mol. The number of allylic oxidation sites excluding steroid dienone is 16. The number of hydrogen-bond donors (Lipinski definition) is 0. The fourth-order valence-electron chi connectivity index (χ4n) is 6.07. The summed E-state index contributed by atoms with van der Waals surface area (Å²) < 4.78 is 17.1. The van der Waals surface area contributed by atoms with Gasteiger partial charge < -0.3 is 28.6 Å². The van der Waals surface area contributed by atoms with Crippen LogP contribution in [0.4, 0.5) is 0 Å². The standard InChI is InChI=1S/C51H83NO7/c1-6-8-10-12-14-16-18-20-21-22-23-24-25-26-27-28-30-32-34-36-38-40-42-50(54)59-47(45-57-44-43-48(51(55)56)52(3,4)5)46-58-49(53)41-39-37-35-33-31-29-19-17-15-13-11-9-7-2/h8-11,13-17,19-21,23-24,29,31,47-48H,6-7,12,18,22,25-28,30,32-46H2,1-5H3/b10-8+,11-9+,15-13+,16-14+,19-17+,21-20+,24-23+,31-29+. The zero-order valence-corrected chi connectivity index (χ0v) is 37.9. The number of aliphatic carboxylic acids is 1. The first-order valence-electron chi connectivity index (χ1n) is 22.8. The van der Waals surface area contributed by atoms with E-state index in [4.69, 9.17) is 14.2 Å². The van der Waals surface area contributed by atoms with Crippen LogP contribution in [0.25, 0.3) is 0 Å². The number of likely N-dealkylation sites (N-methyl/N-ethyl adjacent to an activating group) is 1. The maximum Gasteiger partial charge on any atom is 0.306 e. The molecule has 0 fully saturated rings. The van der Waals surface area contributed by atoms with E-state index in [9.17, 15) is 19.5 Å². The summed E-state index contributed by atoms with van der Waals surface area (Å²) in [5.41, 5.74) is 0. The monoisotopic (exact) mass is 822 g/mol. The fraction of sp³-hybridized carbons (Fsp3) is 0.627. The smallest absolute Gasteiger partial charge is 0.306 e. The van der Waals surface area contributed by atoms with Gasteiger partial charge in [0.15, 0.2) is 6.10 Å². The van der Waals surface area contributed by atoms with Gasteiger partial charge in [-0.2, -0.15) is 0 Å². The third kappa shape index (κ3) is 39.5. The number of esters is 2. The molecule has 0 heterocycles. The number of nitrogens with zero attached hydrogens (tertiary/aromatic N) is 1. The molecule has 0 N–H and O–H groups in total. The van der Waals surface area contributed by atoms with Crippen LogP contribution in [0.2, 0.25) is 0 Å². The average molecular weight is 822 g/mol. The molecule has 8 nitrogen and oxygen atoms in total. The Morgan fingerprint density at radius 3 is 1.54 bits per heavy atom. The maximum absolute atomic E-state index is 12.7. The lowest BCUT2D eigenvalue weighted by Gasteiger charge is -2.34. The number of quaternary nitrogens is 1. The summed E-state index contributed by atoms with van der Waals surface area (Å²) in [5, 5.41) is 11.6. The normalized spacial score (nSPS) is 13.8. The number of carboxylic acid groups (broad SMARTS) is 1. The van der Waals surface area contributed by atoms with Gasteiger partial charge in [-0.15, -0.1) is 0 Å². The van der Waals surface area contributed by atoms with Gasteiger partial charge in [-0.1, -0.05) is 162 Å². The SMILES string of the molecule is CC/C=C/C=C/C=C/C=C/CCCCCC(=O)OCC(COCCC(C(=O)[O-])[N+](C)(C)C)OC(=O)CCCCCCCCCCC/C=C/C/C=C/C/C=C/C/C=C/CC. The van der Waals surface area contributed by atoms with E-state index in [-0.39, 0.29) is 42.7 Å². The van der Waals surface area contributed by atoms with Crippen molar-refractivity contribution in [2.45, 2.75) is 167 Å². The Hall–Kier alpha value is -3.75. The maximum atomic E-state index is 12.7. The van der Waals surface area contributed by atoms with E-state index in [0.29, 0.717) is 12.8 Å². The van der Waals surface area contributed by atoms with Crippen LogP contribution in [-0.2, 0) is 28.6 Å². The zero-order chi connectivity index (χ0) is 43.5. The molecule has 0 aromatic rings. The number of hydrogen-bond acceptors (Lipinski definition) is 7. The molecule has 2 unspecified atom stereocenters. The van der Waals surface area contributed by atoms with Gasteiger partial charge in [0.1, 0.15) is 12.6 Å². The van der Waals surface area contributed by atoms with E-state index >= 15 is 0 Å². The first-order chi connectivity index (χ1) is 28.6. The Balaban J connectivity index is 4.35. The summed E-state index contributed by atoms with van der Waals surface area (Å²) in [6.45, 7) is 4.34. The summed E-state index contributed by atoms with van der Waals surface area (Å²) in [6, 6.07) is -0.738. The molecule has 8 heteroatoms. The van der Waals surface area contributed by atoms with Gasteiger partial charge in [-0.25, -0.2) is 0 Å². The predicted molar refractivity (Wildman–Crippen MR) is 245 cm³/mol. The van der Waals surface area contributed by atoms with Crippen LogP contribution < -0.4 is 5.11 Å². The largest absolute Gasteiger partial charge is 0.544 e. The van der Waals surface area contributed by atoms with Crippen LogP contribution >= 0.6 is 0 Å². The molecule has 0 spiro atoms. The van der Waals surface area contributed by atoms with E-state index in [1.165, 1.54) is 38.5 Å². The van der Waals surface area contributed by atoms with E-state index < -0.39 is 18.1 Å². The summed E-state index contributed by atoms with van der Waals surface area (Å²) >= 11 is 0. The first kappa shape index (κ1) is 55.2. The van der Waals surface area contributed by atoms with E-state index in [1.807, 2.05) is 36.5 Å². The summed E-state index contributed by atoms with van der Waals surface area (Å²) in [4.78, 5) is 36.9. The van der Waals surface area contributed by atoms with Crippen molar-refractivity contribution in [3.05, 3.63) is 97.2 Å². The molecule has 334 valence electrons. The van der Waals surface area contributed by atoms with Gasteiger partial charge >= 0.3 is 11.9 Å². The highest BCUT2D eigenvalue weighted by Crippen LogP contribution is 2.14. The molecule has 0 aliphatic heterocycles. The Kier molecular flexibility index (Phi) is 38.4. The lowest BCUT2D eigenvalue weighted by Crippen LogP contribution is -2.55. The second kappa shape index (κ2) is 41.0.